The summed E-state index contributed by atoms with van der Waals surface area (Å²) in [6, 6.07) is 0.640. The number of nitrogens with zero attached hydrogens (tertiary/aromatic N) is 3. The zero-order chi connectivity index (χ0) is 14.7. The number of methoxy groups -OCH3 is 1. The zero-order valence-corrected chi connectivity index (χ0v) is 13.5. The molecule has 0 saturated carbocycles. The molecule has 0 radical (unpaired) electrons. The highest BCUT2D eigenvalue weighted by Crippen LogP contribution is 2.27. The maximum Gasteiger partial charge on any atom is 0.350 e. The van der Waals surface area contributed by atoms with Gasteiger partial charge in [0.2, 0.25) is 0 Å². The number of ether oxygens (including phenoxy) is 1. The monoisotopic (exact) mass is 297 g/mol. The number of thiazole rings is 1. The van der Waals surface area contributed by atoms with Crippen LogP contribution in [0, 0.1) is 6.92 Å². The molecule has 1 aromatic rings. The number of anilines is 1. The quantitative estimate of drug-likeness (QED) is 0.797. The predicted molar refractivity (Wildman–Crippen MR) is 81.7 cm³/mol. The first-order valence-electron chi connectivity index (χ1n) is 7.11. The minimum Gasteiger partial charge on any atom is -0.465 e. The summed E-state index contributed by atoms with van der Waals surface area (Å²) in [6.07, 6.45) is 1.18. The van der Waals surface area contributed by atoms with Gasteiger partial charge in [0.15, 0.2) is 5.13 Å². The molecular weight excluding hydrogens is 274 g/mol. The number of carbonyl (C=O) groups is 1. The van der Waals surface area contributed by atoms with E-state index in [0.717, 1.165) is 37.0 Å². The molecule has 1 aliphatic heterocycles. The van der Waals surface area contributed by atoms with Crippen molar-refractivity contribution >= 4 is 22.4 Å². The lowest BCUT2D eigenvalue weighted by molar-refractivity contribution is 0.0605. The lowest BCUT2D eigenvalue weighted by Gasteiger charge is -2.37. The Bertz CT molecular complexity index is 467. The largest absolute Gasteiger partial charge is 0.465 e. The number of carbonyl (C=O) groups excluding carboxylic acids is 1. The van der Waals surface area contributed by atoms with E-state index in [2.05, 4.69) is 28.6 Å². The van der Waals surface area contributed by atoms with Crippen LogP contribution in [0.25, 0.3) is 0 Å². The third-order valence-corrected chi connectivity index (χ3v) is 5.15. The van der Waals surface area contributed by atoms with E-state index in [1.54, 1.807) is 0 Å². The second-order valence-electron chi connectivity index (χ2n) is 5.18. The van der Waals surface area contributed by atoms with Crippen LogP contribution < -0.4 is 4.90 Å². The molecular formula is C14H23N3O2S. The first-order chi connectivity index (χ1) is 9.56. The van der Waals surface area contributed by atoms with Crippen LogP contribution in [0.15, 0.2) is 0 Å². The lowest BCUT2D eigenvalue weighted by atomic mass is 10.2. The smallest absolute Gasteiger partial charge is 0.350 e. The summed E-state index contributed by atoms with van der Waals surface area (Å²) in [5.74, 6) is -0.288. The van der Waals surface area contributed by atoms with Crippen molar-refractivity contribution < 1.29 is 9.53 Å². The summed E-state index contributed by atoms with van der Waals surface area (Å²) >= 11 is 1.44. The van der Waals surface area contributed by atoms with E-state index in [1.807, 2.05) is 6.92 Å². The van der Waals surface area contributed by atoms with E-state index in [-0.39, 0.29) is 5.97 Å². The van der Waals surface area contributed by atoms with Gasteiger partial charge in [-0.15, -0.1) is 0 Å². The molecule has 6 heteroatoms. The second-order valence-corrected chi connectivity index (χ2v) is 6.16. The van der Waals surface area contributed by atoms with Crippen molar-refractivity contribution in [1.29, 1.82) is 0 Å². The van der Waals surface area contributed by atoms with E-state index in [4.69, 9.17) is 4.74 Å². The predicted octanol–water partition coefficient (Wildman–Crippen LogP) is 2.16. The average Bonchev–Trinajstić information content (AvgIpc) is 2.87. The van der Waals surface area contributed by atoms with E-state index in [9.17, 15) is 4.79 Å². The Labute approximate surface area is 124 Å². The van der Waals surface area contributed by atoms with Gasteiger partial charge in [0, 0.05) is 32.2 Å². The fraction of sp³-hybridized carbons (Fsp3) is 0.714. The highest BCUT2D eigenvalue weighted by atomic mass is 32.1. The van der Waals surface area contributed by atoms with Crippen molar-refractivity contribution in [3.05, 3.63) is 10.6 Å². The number of hydrogen-bond donors (Lipinski definition) is 0. The van der Waals surface area contributed by atoms with Crippen LogP contribution in [-0.4, -0.2) is 55.2 Å². The molecule has 1 saturated heterocycles. The van der Waals surface area contributed by atoms with E-state index in [0.29, 0.717) is 10.9 Å². The molecule has 2 heterocycles. The van der Waals surface area contributed by atoms with Gasteiger partial charge < -0.3 is 9.64 Å². The van der Waals surface area contributed by atoms with Gasteiger partial charge in [-0.05, 0) is 20.3 Å². The highest BCUT2D eigenvalue weighted by Gasteiger charge is 2.24. The molecule has 1 fully saturated rings. The summed E-state index contributed by atoms with van der Waals surface area (Å²) in [6.45, 7) is 10.4. The minimum absolute atomic E-state index is 0.288. The molecule has 0 bridgehead atoms. The maximum atomic E-state index is 11.6. The van der Waals surface area contributed by atoms with Gasteiger partial charge in [-0.1, -0.05) is 18.3 Å². The molecule has 0 amide bonds. The molecule has 20 heavy (non-hydrogen) atoms. The van der Waals surface area contributed by atoms with Crippen molar-refractivity contribution in [2.75, 3.05) is 38.2 Å². The van der Waals surface area contributed by atoms with Crippen LogP contribution in [0.5, 0.6) is 0 Å². The molecule has 1 aliphatic rings. The van der Waals surface area contributed by atoms with Crippen molar-refractivity contribution in [3.8, 4) is 0 Å². The van der Waals surface area contributed by atoms with E-state index < -0.39 is 0 Å². The molecule has 5 nitrogen and oxygen atoms in total. The van der Waals surface area contributed by atoms with Crippen LogP contribution >= 0.6 is 11.3 Å². The molecule has 1 unspecified atom stereocenters. The minimum atomic E-state index is -0.288. The zero-order valence-electron chi connectivity index (χ0n) is 12.7. The fourth-order valence-electron chi connectivity index (χ4n) is 2.41. The number of aryl methyl sites for hydroxylation is 1. The number of rotatable bonds is 4. The fourth-order valence-corrected chi connectivity index (χ4v) is 3.45. The van der Waals surface area contributed by atoms with Gasteiger partial charge >= 0.3 is 5.97 Å². The SMILES string of the molecule is CCC(C)N1CCN(c2nc(C)c(C(=O)OC)s2)CC1. The van der Waals surface area contributed by atoms with E-state index in [1.165, 1.54) is 24.9 Å². The van der Waals surface area contributed by atoms with Crippen LogP contribution in [0.3, 0.4) is 0 Å². The standard InChI is InChI=1S/C14H23N3O2S/c1-5-10(2)16-6-8-17(9-7-16)14-15-11(3)12(20-14)13(18)19-4/h10H,5-9H2,1-4H3. The molecule has 2 rings (SSSR count). The molecule has 1 atom stereocenters. The first-order valence-corrected chi connectivity index (χ1v) is 7.93. The van der Waals surface area contributed by atoms with Crippen LogP contribution in [0.4, 0.5) is 5.13 Å². The Morgan fingerprint density at radius 1 is 1.40 bits per heavy atom. The molecule has 1 aromatic heterocycles. The van der Waals surface area contributed by atoms with Gasteiger partial charge in [-0.2, -0.15) is 0 Å². The third kappa shape index (κ3) is 3.12. The Morgan fingerprint density at radius 2 is 2.05 bits per heavy atom. The topological polar surface area (TPSA) is 45.7 Å². The Morgan fingerprint density at radius 3 is 2.60 bits per heavy atom. The van der Waals surface area contributed by atoms with E-state index >= 15 is 0 Å². The number of hydrogen-bond acceptors (Lipinski definition) is 6. The Balaban J connectivity index is 2.02. The Kier molecular flexibility index (Phi) is 4.99. The maximum absolute atomic E-state index is 11.6. The van der Waals surface area contributed by atoms with Crippen LogP contribution in [-0.2, 0) is 4.74 Å². The van der Waals surface area contributed by atoms with Gasteiger partial charge in [-0.25, -0.2) is 9.78 Å². The number of piperazine rings is 1. The van der Waals surface area contributed by atoms with Crippen molar-refractivity contribution in [1.82, 2.24) is 9.88 Å². The number of esters is 1. The third-order valence-electron chi connectivity index (χ3n) is 3.96. The second kappa shape index (κ2) is 6.54. The van der Waals surface area contributed by atoms with Crippen LogP contribution in [0.2, 0.25) is 0 Å². The van der Waals surface area contributed by atoms with Crippen LogP contribution in [0.1, 0.15) is 35.6 Å². The normalized spacial score (nSPS) is 18.1. The summed E-state index contributed by atoms with van der Waals surface area (Å²) in [7, 11) is 1.41. The molecule has 0 aliphatic carbocycles. The summed E-state index contributed by atoms with van der Waals surface area (Å²) < 4.78 is 4.79. The number of aromatic nitrogens is 1. The molecule has 112 valence electrons. The van der Waals surface area contributed by atoms with Crippen molar-refractivity contribution in [2.24, 2.45) is 0 Å². The first kappa shape index (κ1) is 15.3. The average molecular weight is 297 g/mol. The lowest BCUT2D eigenvalue weighted by Crippen LogP contribution is -2.49. The van der Waals surface area contributed by atoms with Gasteiger partial charge in [0.1, 0.15) is 4.88 Å². The van der Waals surface area contributed by atoms with Gasteiger partial charge in [0.25, 0.3) is 0 Å². The van der Waals surface area contributed by atoms with Crippen molar-refractivity contribution in [2.45, 2.75) is 33.2 Å². The van der Waals surface area contributed by atoms with Crippen molar-refractivity contribution in [3.63, 3.8) is 0 Å². The summed E-state index contributed by atoms with van der Waals surface area (Å²) in [5, 5.41) is 0.937. The Hall–Kier alpha value is -1.14. The highest BCUT2D eigenvalue weighted by molar-refractivity contribution is 7.17. The molecule has 0 aromatic carbocycles. The summed E-state index contributed by atoms with van der Waals surface area (Å²) in [4.78, 5) is 21.5. The van der Waals surface area contributed by atoms with Gasteiger partial charge in [-0.3, -0.25) is 4.90 Å². The molecule has 0 spiro atoms. The van der Waals surface area contributed by atoms with Gasteiger partial charge in [0.05, 0.1) is 12.8 Å². The molecule has 0 N–H and O–H groups in total. The summed E-state index contributed by atoms with van der Waals surface area (Å²) in [5.41, 5.74) is 0.765.